The summed E-state index contributed by atoms with van der Waals surface area (Å²) >= 11 is 0. The van der Waals surface area contributed by atoms with E-state index >= 15 is 0 Å². The molecule has 0 amide bonds. The summed E-state index contributed by atoms with van der Waals surface area (Å²) in [6.07, 6.45) is 0.656. The van der Waals surface area contributed by atoms with Crippen molar-refractivity contribution < 1.29 is 13.5 Å². The standard InChI is InChI=1S/C6H16N2O3S/c1-3-6(9)4-5-8-12(10,11)7-2/h6-9H,3-5H2,1-2H3. The predicted octanol–water partition coefficient (Wildman–Crippen LogP) is -0.799. The van der Waals surface area contributed by atoms with Crippen LogP contribution in [-0.2, 0) is 10.2 Å². The van der Waals surface area contributed by atoms with Gasteiger partial charge in [-0.2, -0.15) is 8.42 Å². The van der Waals surface area contributed by atoms with E-state index in [2.05, 4.69) is 9.44 Å². The Kier molecular flexibility index (Phi) is 5.39. The first kappa shape index (κ1) is 11.8. The molecule has 0 saturated heterocycles. The summed E-state index contributed by atoms with van der Waals surface area (Å²) in [5.74, 6) is 0. The molecule has 0 bridgehead atoms. The van der Waals surface area contributed by atoms with Crippen molar-refractivity contribution in [1.29, 1.82) is 0 Å². The lowest BCUT2D eigenvalue weighted by atomic mass is 10.2. The van der Waals surface area contributed by atoms with E-state index in [1.54, 1.807) is 0 Å². The number of aliphatic hydroxyl groups is 1. The van der Waals surface area contributed by atoms with E-state index in [-0.39, 0.29) is 6.54 Å². The van der Waals surface area contributed by atoms with Crippen LogP contribution in [0.4, 0.5) is 0 Å². The van der Waals surface area contributed by atoms with Crippen molar-refractivity contribution in [2.45, 2.75) is 25.9 Å². The van der Waals surface area contributed by atoms with Gasteiger partial charge in [0, 0.05) is 13.6 Å². The van der Waals surface area contributed by atoms with Crippen molar-refractivity contribution in [3.63, 3.8) is 0 Å². The third-order valence-electron chi connectivity index (χ3n) is 1.51. The largest absolute Gasteiger partial charge is 0.393 e. The van der Waals surface area contributed by atoms with E-state index in [0.29, 0.717) is 12.8 Å². The molecule has 0 rings (SSSR count). The second kappa shape index (κ2) is 5.47. The molecule has 3 N–H and O–H groups in total. The van der Waals surface area contributed by atoms with Crippen LogP contribution in [0.5, 0.6) is 0 Å². The van der Waals surface area contributed by atoms with Gasteiger partial charge in [-0.15, -0.1) is 0 Å². The van der Waals surface area contributed by atoms with Gasteiger partial charge in [0.25, 0.3) is 10.2 Å². The Morgan fingerprint density at radius 2 is 2.08 bits per heavy atom. The van der Waals surface area contributed by atoms with Gasteiger partial charge in [-0.1, -0.05) is 6.92 Å². The zero-order chi connectivity index (χ0) is 9.61. The fraction of sp³-hybridized carbons (Fsp3) is 1.00. The summed E-state index contributed by atoms with van der Waals surface area (Å²) in [6, 6.07) is 0. The van der Waals surface area contributed by atoms with Crippen LogP contribution in [0.2, 0.25) is 0 Å². The first-order chi connectivity index (χ1) is 5.52. The molecular weight excluding hydrogens is 180 g/mol. The Labute approximate surface area is 73.4 Å². The average Bonchev–Trinajstić information content (AvgIpc) is 2.04. The monoisotopic (exact) mass is 196 g/mol. The average molecular weight is 196 g/mol. The Morgan fingerprint density at radius 3 is 2.50 bits per heavy atom. The molecule has 0 fully saturated rings. The van der Waals surface area contributed by atoms with Crippen molar-refractivity contribution >= 4 is 10.2 Å². The summed E-state index contributed by atoms with van der Waals surface area (Å²) in [6.45, 7) is 2.11. The summed E-state index contributed by atoms with van der Waals surface area (Å²) in [7, 11) is -2.00. The maximum atomic E-state index is 10.8. The minimum atomic E-state index is -3.33. The van der Waals surface area contributed by atoms with Crippen LogP contribution in [0.15, 0.2) is 0 Å². The molecule has 1 unspecified atom stereocenters. The van der Waals surface area contributed by atoms with Gasteiger partial charge in [-0.25, -0.2) is 9.44 Å². The number of aliphatic hydroxyl groups excluding tert-OH is 1. The fourth-order valence-electron chi connectivity index (χ4n) is 0.636. The van der Waals surface area contributed by atoms with Crippen LogP contribution in [0.3, 0.4) is 0 Å². The first-order valence-corrected chi connectivity index (χ1v) is 5.36. The second-order valence-corrected chi connectivity index (χ2v) is 4.16. The third kappa shape index (κ3) is 5.48. The Hall–Kier alpha value is -0.170. The van der Waals surface area contributed by atoms with E-state index in [4.69, 9.17) is 5.11 Å². The van der Waals surface area contributed by atoms with Gasteiger partial charge in [-0.05, 0) is 12.8 Å². The van der Waals surface area contributed by atoms with E-state index < -0.39 is 16.3 Å². The predicted molar refractivity (Wildman–Crippen MR) is 46.9 cm³/mol. The zero-order valence-electron chi connectivity index (χ0n) is 7.37. The highest BCUT2D eigenvalue weighted by atomic mass is 32.2. The molecule has 12 heavy (non-hydrogen) atoms. The van der Waals surface area contributed by atoms with E-state index in [0.717, 1.165) is 0 Å². The molecule has 0 heterocycles. The maximum Gasteiger partial charge on any atom is 0.276 e. The highest BCUT2D eigenvalue weighted by Gasteiger charge is 2.06. The van der Waals surface area contributed by atoms with Crippen molar-refractivity contribution in [1.82, 2.24) is 9.44 Å². The molecule has 0 aliphatic heterocycles. The molecule has 0 aliphatic rings. The molecule has 74 valence electrons. The second-order valence-electron chi connectivity index (χ2n) is 2.45. The Balaban J connectivity index is 3.57. The number of nitrogens with one attached hydrogen (secondary N) is 2. The summed E-state index contributed by atoms with van der Waals surface area (Å²) < 4.78 is 25.9. The molecule has 0 radical (unpaired) electrons. The quantitative estimate of drug-likeness (QED) is 0.520. The van der Waals surface area contributed by atoms with Gasteiger partial charge >= 0.3 is 0 Å². The summed E-state index contributed by atoms with van der Waals surface area (Å²) in [4.78, 5) is 0. The Bertz CT molecular complexity index is 203. The first-order valence-electron chi connectivity index (χ1n) is 3.88. The van der Waals surface area contributed by atoms with Gasteiger partial charge < -0.3 is 5.11 Å². The van der Waals surface area contributed by atoms with Crippen LogP contribution in [0.25, 0.3) is 0 Å². The molecular formula is C6H16N2O3S. The maximum absolute atomic E-state index is 10.8. The SMILES string of the molecule is CCC(O)CCNS(=O)(=O)NC. The van der Waals surface area contributed by atoms with Crippen LogP contribution in [0.1, 0.15) is 19.8 Å². The third-order valence-corrected chi connectivity index (χ3v) is 2.63. The molecule has 5 nitrogen and oxygen atoms in total. The molecule has 0 spiro atoms. The van der Waals surface area contributed by atoms with Crippen molar-refractivity contribution in [2.75, 3.05) is 13.6 Å². The summed E-state index contributed by atoms with van der Waals surface area (Å²) in [5.41, 5.74) is 0. The van der Waals surface area contributed by atoms with Gasteiger partial charge in [0.1, 0.15) is 0 Å². The minimum Gasteiger partial charge on any atom is -0.393 e. The van der Waals surface area contributed by atoms with Crippen LogP contribution < -0.4 is 9.44 Å². The highest BCUT2D eigenvalue weighted by Crippen LogP contribution is 1.94. The van der Waals surface area contributed by atoms with Crippen LogP contribution in [-0.4, -0.2) is 33.2 Å². The molecule has 0 aromatic rings. The number of hydrogen-bond acceptors (Lipinski definition) is 3. The molecule has 1 atom stereocenters. The summed E-state index contributed by atoms with van der Waals surface area (Å²) in [5, 5.41) is 9.07. The van der Waals surface area contributed by atoms with E-state index in [9.17, 15) is 8.42 Å². The highest BCUT2D eigenvalue weighted by molar-refractivity contribution is 7.87. The van der Waals surface area contributed by atoms with Crippen molar-refractivity contribution in [3.05, 3.63) is 0 Å². The van der Waals surface area contributed by atoms with Crippen LogP contribution in [0, 0.1) is 0 Å². The molecule has 0 aromatic carbocycles. The minimum absolute atomic E-state index is 0.262. The van der Waals surface area contributed by atoms with Gasteiger partial charge in [0.05, 0.1) is 6.10 Å². The van der Waals surface area contributed by atoms with Crippen molar-refractivity contribution in [3.8, 4) is 0 Å². The van der Waals surface area contributed by atoms with Gasteiger partial charge in [-0.3, -0.25) is 0 Å². The van der Waals surface area contributed by atoms with Crippen molar-refractivity contribution in [2.24, 2.45) is 0 Å². The molecule has 6 heteroatoms. The number of rotatable bonds is 6. The lowest BCUT2D eigenvalue weighted by Crippen LogP contribution is -2.35. The lowest BCUT2D eigenvalue weighted by Gasteiger charge is -2.08. The topological polar surface area (TPSA) is 78.4 Å². The fourth-order valence-corrected chi connectivity index (χ4v) is 1.17. The molecule has 0 aliphatic carbocycles. The van der Waals surface area contributed by atoms with E-state index in [1.807, 2.05) is 6.92 Å². The normalized spacial score (nSPS) is 14.6. The smallest absolute Gasteiger partial charge is 0.276 e. The Morgan fingerprint density at radius 1 is 1.50 bits per heavy atom. The lowest BCUT2D eigenvalue weighted by molar-refractivity contribution is 0.162. The van der Waals surface area contributed by atoms with Crippen LogP contribution >= 0.6 is 0 Å². The number of hydrogen-bond donors (Lipinski definition) is 3. The zero-order valence-corrected chi connectivity index (χ0v) is 8.19. The molecule has 0 saturated carbocycles. The van der Waals surface area contributed by atoms with Gasteiger partial charge in [0.15, 0.2) is 0 Å². The van der Waals surface area contributed by atoms with E-state index in [1.165, 1.54) is 7.05 Å². The molecule has 0 aromatic heterocycles. The van der Waals surface area contributed by atoms with Gasteiger partial charge in [0.2, 0.25) is 0 Å².